The smallest absolute Gasteiger partial charge is 0.265 e. The number of nitrogens with zero attached hydrogens (tertiary/aromatic N) is 1. The van der Waals surface area contributed by atoms with Crippen LogP contribution < -0.4 is 11.3 Å². The molecule has 0 aliphatic carbocycles. The van der Waals surface area contributed by atoms with E-state index in [1.807, 2.05) is 36.4 Å². The Balaban J connectivity index is 2.24. The summed E-state index contributed by atoms with van der Waals surface area (Å²) in [5.74, 6) is -0.603. The summed E-state index contributed by atoms with van der Waals surface area (Å²) in [4.78, 5) is 24.3. The van der Waals surface area contributed by atoms with Gasteiger partial charge in [0, 0.05) is 5.39 Å². The largest absolute Gasteiger partial charge is 0.364 e. The maximum atomic E-state index is 12.6. The van der Waals surface area contributed by atoms with Crippen LogP contribution in [0, 0.1) is 0 Å². The van der Waals surface area contributed by atoms with Gasteiger partial charge in [0.2, 0.25) is 0 Å². The maximum Gasteiger partial charge on any atom is 0.265 e. The Morgan fingerprint density at radius 3 is 2.38 bits per heavy atom. The van der Waals surface area contributed by atoms with E-state index in [-0.39, 0.29) is 11.3 Å². The van der Waals surface area contributed by atoms with Gasteiger partial charge >= 0.3 is 0 Å². The van der Waals surface area contributed by atoms with Gasteiger partial charge in [-0.05, 0) is 23.1 Å². The molecule has 1 amide bonds. The molecular formula is C17H14N2O2. The van der Waals surface area contributed by atoms with Crippen molar-refractivity contribution in [2.45, 2.75) is 6.54 Å². The Bertz CT molecular complexity index is 867. The molecule has 4 nitrogen and oxygen atoms in total. The van der Waals surface area contributed by atoms with Crippen molar-refractivity contribution >= 4 is 16.7 Å². The number of amides is 1. The highest BCUT2D eigenvalue weighted by Crippen LogP contribution is 2.13. The number of aromatic nitrogens is 1. The van der Waals surface area contributed by atoms with Crippen LogP contribution in [0.1, 0.15) is 16.1 Å². The van der Waals surface area contributed by atoms with Gasteiger partial charge in [0.25, 0.3) is 11.5 Å². The highest BCUT2D eigenvalue weighted by Gasteiger charge is 2.13. The first-order valence-electron chi connectivity index (χ1n) is 6.63. The van der Waals surface area contributed by atoms with Crippen LogP contribution >= 0.6 is 0 Å². The normalized spacial score (nSPS) is 10.7. The van der Waals surface area contributed by atoms with Crippen LogP contribution in [0.15, 0.2) is 65.5 Å². The second kappa shape index (κ2) is 5.25. The van der Waals surface area contributed by atoms with Crippen LogP contribution in [-0.2, 0) is 6.54 Å². The Morgan fingerprint density at radius 1 is 1.00 bits per heavy atom. The molecule has 0 aliphatic rings. The molecule has 104 valence electrons. The minimum atomic E-state index is -0.603. The Hall–Kier alpha value is -2.88. The lowest BCUT2D eigenvalue weighted by molar-refractivity contribution is 0.0991. The van der Waals surface area contributed by atoms with Crippen LogP contribution in [0.3, 0.4) is 0 Å². The first-order valence-corrected chi connectivity index (χ1v) is 6.63. The fraction of sp³-hybridized carbons (Fsp3) is 0.0588. The van der Waals surface area contributed by atoms with Crippen LogP contribution in [0.4, 0.5) is 0 Å². The molecular weight excluding hydrogens is 264 g/mol. The molecule has 3 aromatic rings. The van der Waals surface area contributed by atoms with Crippen molar-refractivity contribution in [1.82, 2.24) is 4.57 Å². The van der Waals surface area contributed by atoms with Crippen LogP contribution in [0.2, 0.25) is 0 Å². The van der Waals surface area contributed by atoms with E-state index in [1.165, 1.54) is 4.57 Å². The van der Waals surface area contributed by atoms with Gasteiger partial charge in [-0.25, -0.2) is 0 Å². The average Bonchev–Trinajstić information content (AvgIpc) is 2.51. The molecule has 2 N–H and O–H groups in total. The van der Waals surface area contributed by atoms with Crippen molar-refractivity contribution in [3.05, 3.63) is 82.3 Å². The number of rotatable bonds is 3. The number of pyridine rings is 1. The summed E-state index contributed by atoms with van der Waals surface area (Å²) in [6.07, 6.45) is 0. The van der Waals surface area contributed by atoms with Crippen molar-refractivity contribution in [2.24, 2.45) is 5.73 Å². The number of hydrogen-bond donors (Lipinski definition) is 1. The van der Waals surface area contributed by atoms with Crippen molar-refractivity contribution in [3.63, 3.8) is 0 Å². The summed E-state index contributed by atoms with van der Waals surface area (Å²) in [5, 5.41) is 1.30. The fourth-order valence-electron chi connectivity index (χ4n) is 2.42. The standard InChI is InChI=1S/C17H14N2O2/c18-16(20)15-10-13-8-4-5-9-14(13)17(21)19(15)11-12-6-2-1-3-7-12/h1-10H,11H2,(H2,18,20). The van der Waals surface area contributed by atoms with Crippen molar-refractivity contribution in [3.8, 4) is 0 Å². The van der Waals surface area contributed by atoms with Gasteiger partial charge in [0.05, 0.1) is 6.54 Å². The summed E-state index contributed by atoms with van der Waals surface area (Å²) in [5.41, 5.74) is 6.39. The fourth-order valence-corrected chi connectivity index (χ4v) is 2.42. The predicted octanol–water partition coefficient (Wildman–Crippen LogP) is 2.15. The Kier molecular flexibility index (Phi) is 3.28. The van der Waals surface area contributed by atoms with E-state index in [0.717, 1.165) is 10.9 Å². The zero-order chi connectivity index (χ0) is 14.8. The molecule has 0 saturated carbocycles. The second-order valence-corrected chi connectivity index (χ2v) is 4.86. The third kappa shape index (κ3) is 2.43. The number of carbonyl (C=O) groups excluding carboxylic acids is 1. The molecule has 0 saturated heterocycles. The first kappa shape index (κ1) is 13.1. The van der Waals surface area contributed by atoms with E-state index in [9.17, 15) is 9.59 Å². The first-order chi connectivity index (χ1) is 10.2. The van der Waals surface area contributed by atoms with E-state index in [0.29, 0.717) is 11.9 Å². The average molecular weight is 278 g/mol. The van der Waals surface area contributed by atoms with Crippen molar-refractivity contribution in [2.75, 3.05) is 0 Å². The van der Waals surface area contributed by atoms with Gasteiger partial charge in [-0.1, -0.05) is 48.5 Å². The monoisotopic (exact) mass is 278 g/mol. The lowest BCUT2D eigenvalue weighted by Gasteiger charge is -2.12. The minimum absolute atomic E-state index is 0.203. The van der Waals surface area contributed by atoms with Gasteiger partial charge in [0.15, 0.2) is 0 Å². The summed E-state index contributed by atoms with van der Waals surface area (Å²) >= 11 is 0. The van der Waals surface area contributed by atoms with Crippen LogP contribution in [0.25, 0.3) is 10.8 Å². The summed E-state index contributed by atoms with van der Waals surface area (Å²) in [6.45, 7) is 0.322. The van der Waals surface area contributed by atoms with E-state index in [4.69, 9.17) is 5.73 Å². The zero-order valence-electron chi connectivity index (χ0n) is 11.3. The number of fused-ring (bicyclic) bond motifs is 1. The molecule has 1 heterocycles. The lowest BCUT2D eigenvalue weighted by Crippen LogP contribution is -2.29. The van der Waals surface area contributed by atoms with Crippen molar-refractivity contribution in [1.29, 1.82) is 0 Å². The summed E-state index contributed by atoms with van der Waals surface area (Å²) < 4.78 is 1.43. The molecule has 1 aromatic heterocycles. The van der Waals surface area contributed by atoms with Crippen LogP contribution in [0.5, 0.6) is 0 Å². The third-order valence-electron chi connectivity index (χ3n) is 3.46. The molecule has 0 spiro atoms. The van der Waals surface area contributed by atoms with E-state index in [1.54, 1.807) is 24.3 Å². The quantitative estimate of drug-likeness (QED) is 0.797. The molecule has 0 radical (unpaired) electrons. The molecule has 21 heavy (non-hydrogen) atoms. The molecule has 0 unspecified atom stereocenters. The molecule has 4 heteroatoms. The van der Waals surface area contributed by atoms with Gasteiger partial charge in [-0.2, -0.15) is 0 Å². The Labute approximate surface area is 121 Å². The topological polar surface area (TPSA) is 65.1 Å². The number of hydrogen-bond acceptors (Lipinski definition) is 2. The number of nitrogens with two attached hydrogens (primary N) is 1. The number of carbonyl (C=O) groups is 1. The van der Waals surface area contributed by atoms with Gasteiger partial charge < -0.3 is 5.73 Å². The molecule has 2 aromatic carbocycles. The zero-order valence-corrected chi connectivity index (χ0v) is 11.3. The van der Waals surface area contributed by atoms with Crippen LogP contribution in [-0.4, -0.2) is 10.5 Å². The predicted molar refractivity (Wildman–Crippen MR) is 82.3 cm³/mol. The molecule has 0 atom stereocenters. The molecule has 0 bridgehead atoms. The lowest BCUT2D eigenvalue weighted by atomic mass is 10.1. The third-order valence-corrected chi connectivity index (χ3v) is 3.46. The maximum absolute atomic E-state index is 12.6. The summed E-state index contributed by atoms with van der Waals surface area (Å²) in [6, 6.07) is 18.4. The SMILES string of the molecule is NC(=O)c1cc2ccccc2c(=O)n1Cc1ccccc1. The minimum Gasteiger partial charge on any atom is -0.364 e. The Morgan fingerprint density at radius 2 is 1.67 bits per heavy atom. The van der Waals surface area contributed by atoms with E-state index in [2.05, 4.69) is 0 Å². The van der Waals surface area contributed by atoms with Gasteiger partial charge in [-0.3, -0.25) is 14.2 Å². The molecule has 0 aliphatic heterocycles. The van der Waals surface area contributed by atoms with E-state index < -0.39 is 5.91 Å². The van der Waals surface area contributed by atoms with Crippen molar-refractivity contribution < 1.29 is 4.79 Å². The number of benzene rings is 2. The van der Waals surface area contributed by atoms with E-state index >= 15 is 0 Å². The van der Waals surface area contributed by atoms with Gasteiger partial charge in [0.1, 0.15) is 5.69 Å². The molecule has 3 rings (SSSR count). The van der Waals surface area contributed by atoms with Gasteiger partial charge in [-0.15, -0.1) is 0 Å². The second-order valence-electron chi connectivity index (χ2n) is 4.86. The number of primary amides is 1. The highest BCUT2D eigenvalue weighted by atomic mass is 16.2. The summed E-state index contributed by atoms with van der Waals surface area (Å²) in [7, 11) is 0. The highest BCUT2D eigenvalue weighted by molar-refractivity contribution is 5.95. The molecule has 0 fully saturated rings.